The van der Waals surface area contributed by atoms with Crippen LogP contribution in [0, 0.1) is 0 Å². The standard InChI is InChI=1S/C10H18N4S4/c15-9(13-5-1-11-2-6-13)17-18-10(16)14-7-3-12-4-8-14/h11-12H,1-8H2. The summed E-state index contributed by atoms with van der Waals surface area (Å²) in [7, 11) is 3.26. The predicted molar refractivity (Wildman–Crippen MR) is 89.3 cm³/mol. The highest BCUT2D eigenvalue weighted by atomic mass is 33.1. The van der Waals surface area contributed by atoms with E-state index in [2.05, 4.69) is 20.4 Å². The molecule has 0 aromatic rings. The van der Waals surface area contributed by atoms with E-state index < -0.39 is 0 Å². The molecule has 0 spiro atoms. The molecule has 102 valence electrons. The zero-order valence-corrected chi connectivity index (χ0v) is 13.5. The van der Waals surface area contributed by atoms with Crippen molar-refractivity contribution in [2.24, 2.45) is 0 Å². The minimum atomic E-state index is 0.957. The number of hydrogen-bond acceptors (Lipinski definition) is 6. The van der Waals surface area contributed by atoms with Crippen LogP contribution in [0.1, 0.15) is 0 Å². The summed E-state index contributed by atoms with van der Waals surface area (Å²) in [5.41, 5.74) is 0. The maximum atomic E-state index is 5.44. The molecule has 0 atom stereocenters. The Morgan fingerprint density at radius 2 is 1.06 bits per heavy atom. The van der Waals surface area contributed by atoms with E-state index >= 15 is 0 Å². The second-order valence-corrected chi connectivity index (χ2v) is 7.57. The zero-order valence-electron chi connectivity index (χ0n) is 10.2. The van der Waals surface area contributed by atoms with Crippen molar-refractivity contribution in [3.63, 3.8) is 0 Å². The van der Waals surface area contributed by atoms with Gasteiger partial charge in [-0.05, 0) is 21.6 Å². The molecule has 0 bridgehead atoms. The third-order valence-electron chi connectivity index (χ3n) is 2.93. The van der Waals surface area contributed by atoms with Crippen LogP contribution in [0.2, 0.25) is 0 Å². The number of nitrogens with zero attached hydrogens (tertiary/aromatic N) is 2. The minimum Gasteiger partial charge on any atom is -0.354 e. The van der Waals surface area contributed by atoms with Gasteiger partial charge < -0.3 is 20.4 Å². The molecule has 2 aliphatic heterocycles. The van der Waals surface area contributed by atoms with Crippen LogP contribution in [0.4, 0.5) is 0 Å². The van der Waals surface area contributed by atoms with Crippen molar-refractivity contribution >= 4 is 54.7 Å². The van der Waals surface area contributed by atoms with Gasteiger partial charge in [0.25, 0.3) is 0 Å². The Morgan fingerprint density at radius 1 is 0.722 bits per heavy atom. The van der Waals surface area contributed by atoms with Crippen LogP contribution in [0.5, 0.6) is 0 Å². The van der Waals surface area contributed by atoms with E-state index in [-0.39, 0.29) is 0 Å². The molecular formula is C10H18N4S4. The van der Waals surface area contributed by atoms with E-state index in [0.29, 0.717) is 0 Å². The lowest BCUT2D eigenvalue weighted by Crippen LogP contribution is -2.45. The summed E-state index contributed by atoms with van der Waals surface area (Å²) in [4.78, 5) is 4.51. The lowest BCUT2D eigenvalue weighted by molar-refractivity contribution is 0.367. The van der Waals surface area contributed by atoms with Crippen molar-refractivity contribution in [2.45, 2.75) is 0 Å². The average Bonchev–Trinajstić information content (AvgIpc) is 2.46. The number of piperazine rings is 2. The summed E-state index contributed by atoms with van der Waals surface area (Å²) in [6, 6.07) is 0. The molecule has 2 heterocycles. The lowest BCUT2D eigenvalue weighted by atomic mass is 10.4. The van der Waals surface area contributed by atoms with Crippen LogP contribution < -0.4 is 10.6 Å². The summed E-state index contributed by atoms with van der Waals surface area (Å²) < 4.78 is 1.91. The van der Waals surface area contributed by atoms with Crippen molar-refractivity contribution < 1.29 is 0 Å². The van der Waals surface area contributed by atoms with Gasteiger partial charge in [0.05, 0.1) is 0 Å². The second-order valence-electron chi connectivity index (χ2n) is 4.17. The molecule has 0 aromatic heterocycles. The van der Waals surface area contributed by atoms with Gasteiger partial charge in [0.2, 0.25) is 0 Å². The summed E-state index contributed by atoms with van der Waals surface area (Å²) >= 11 is 10.9. The van der Waals surface area contributed by atoms with Crippen molar-refractivity contribution in [2.75, 3.05) is 52.4 Å². The fourth-order valence-corrected chi connectivity index (χ4v) is 4.63. The predicted octanol–water partition coefficient (Wildman–Crippen LogP) is 0.748. The van der Waals surface area contributed by atoms with E-state index in [9.17, 15) is 0 Å². The van der Waals surface area contributed by atoms with Gasteiger partial charge in [-0.25, -0.2) is 0 Å². The number of thiocarbonyl (C=S) groups is 2. The summed E-state index contributed by atoms with van der Waals surface area (Å²) in [5, 5.41) is 6.66. The van der Waals surface area contributed by atoms with Crippen LogP contribution in [0.15, 0.2) is 0 Å². The molecule has 0 unspecified atom stereocenters. The minimum absolute atomic E-state index is 0.957. The Bertz CT molecular complexity index is 270. The first-order valence-corrected chi connectivity index (χ1v) is 9.08. The first-order valence-electron chi connectivity index (χ1n) is 6.11. The quantitative estimate of drug-likeness (QED) is 0.499. The molecule has 0 aromatic carbocycles. The Labute approximate surface area is 127 Å². The highest BCUT2D eigenvalue weighted by Gasteiger charge is 2.17. The molecule has 2 rings (SSSR count). The topological polar surface area (TPSA) is 30.5 Å². The largest absolute Gasteiger partial charge is 0.354 e. The van der Waals surface area contributed by atoms with Crippen molar-refractivity contribution in [1.82, 2.24) is 20.4 Å². The van der Waals surface area contributed by atoms with E-state index in [1.54, 1.807) is 21.6 Å². The molecule has 8 heteroatoms. The highest BCUT2D eigenvalue weighted by molar-refractivity contribution is 8.89. The van der Waals surface area contributed by atoms with Crippen LogP contribution in [0.25, 0.3) is 0 Å². The Kier molecular flexibility index (Phi) is 6.46. The van der Waals surface area contributed by atoms with Gasteiger partial charge in [0.15, 0.2) is 0 Å². The molecule has 2 aliphatic rings. The molecule has 0 aliphatic carbocycles. The second kappa shape index (κ2) is 7.86. The third kappa shape index (κ3) is 4.50. The zero-order chi connectivity index (χ0) is 12.8. The first kappa shape index (κ1) is 14.8. The summed E-state index contributed by atoms with van der Waals surface area (Å²) in [6.07, 6.45) is 0. The molecule has 2 N–H and O–H groups in total. The molecule has 0 amide bonds. The maximum Gasteiger partial charge on any atom is 0.147 e. The van der Waals surface area contributed by atoms with Crippen LogP contribution in [-0.2, 0) is 0 Å². The number of nitrogens with one attached hydrogen (secondary N) is 2. The Balaban J connectivity index is 1.69. The summed E-state index contributed by atoms with van der Waals surface area (Å²) in [6.45, 7) is 8.11. The smallest absolute Gasteiger partial charge is 0.147 e. The first-order chi connectivity index (χ1) is 8.77. The summed E-state index contributed by atoms with van der Waals surface area (Å²) in [5.74, 6) is 0. The van der Waals surface area contributed by atoms with Gasteiger partial charge >= 0.3 is 0 Å². The van der Waals surface area contributed by atoms with Gasteiger partial charge in [0.1, 0.15) is 8.64 Å². The third-order valence-corrected chi connectivity index (χ3v) is 6.67. The molecular weight excluding hydrogens is 304 g/mol. The highest BCUT2D eigenvalue weighted by Crippen LogP contribution is 2.28. The fourth-order valence-electron chi connectivity index (χ4n) is 1.87. The Hall–Kier alpha value is 0.400. The van der Waals surface area contributed by atoms with Gasteiger partial charge in [-0.2, -0.15) is 0 Å². The molecule has 4 nitrogen and oxygen atoms in total. The van der Waals surface area contributed by atoms with E-state index in [4.69, 9.17) is 24.4 Å². The normalized spacial score (nSPS) is 20.9. The molecule has 2 saturated heterocycles. The van der Waals surface area contributed by atoms with E-state index in [1.165, 1.54) is 0 Å². The van der Waals surface area contributed by atoms with Crippen molar-refractivity contribution in [3.8, 4) is 0 Å². The van der Waals surface area contributed by atoms with Crippen LogP contribution in [-0.4, -0.2) is 70.8 Å². The molecule has 0 saturated carbocycles. The van der Waals surface area contributed by atoms with Crippen molar-refractivity contribution in [3.05, 3.63) is 0 Å². The van der Waals surface area contributed by atoms with Gasteiger partial charge in [-0.3, -0.25) is 0 Å². The molecule has 0 radical (unpaired) electrons. The van der Waals surface area contributed by atoms with Crippen LogP contribution in [0.3, 0.4) is 0 Å². The van der Waals surface area contributed by atoms with Gasteiger partial charge in [0, 0.05) is 52.4 Å². The van der Waals surface area contributed by atoms with Crippen molar-refractivity contribution in [1.29, 1.82) is 0 Å². The average molecular weight is 323 g/mol. The number of hydrogen-bond donors (Lipinski definition) is 2. The van der Waals surface area contributed by atoms with E-state index in [1.807, 2.05) is 0 Å². The fraction of sp³-hybridized carbons (Fsp3) is 0.800. The van der Waals surface area contributed by atoms with Gasteiger partial charge in [-0.1, -0.05) is 24.4 Å². The molecule has 18 heavy (non-hydrogen) atoms. The lowest BCUT2D eigenvalue weighted by Gasteiger charge is -2.31. The van der Waals surface area contributed by atoms with Crippen LogP contribution >= 0.6 is 46.0 Å². The number of rotatable bonds is 0. The maximum absolute atomic E-state index is 5.44. The monoisotopic (exact) mass is 322 g/mol. The van der Waals surface area contributed by atoms with E-state index in [0.717, 1.165) is 61.0 Å². The molecule has 2 fully saturated rings. The van der Waals surface area contributed by atoms with Gasteiger partial charge in [-0.15, -0.1) is 0 Å². The Morgan fingerprint density at radius 3 is 1.39 bits per heavy atom. The SMILES string of the molecule is S=C(SSC(=S)N1CCNCC1)N1CCNCC1.